The van der Waals surface area contributed by atoms with E-state index in [4.69, 9.17) is 25.5 Å². The third-order valence-corrected chi connectivity index (χ3v) is 0.591. The highest BCUT2D eigenvalue weighted by Gasteiger charge is 1.97. The van der Waals surface area contributed by atoms with Crippen LogP contribution in [0.5, 0.6) is 0 Å². The zero-order valence-corrected chi connectivity index (χ0v) is 14.3. The van der Waals surface area contributed by atoms with Crippen LogP contribution in [0.4, 0.5) is 0 Å². The molecule has 0 aliphatic carbocycles. The minimum absolute atomic E-state index is 0.116. The summed E-state index contributed by atoms with van der Waals surface area (Å²) in [4.78, 5) is 0. The molecule has 5 heteroatoms. The summed E-state index contributed by atoms with van der Waals surface area (Å²) in [6.45, 7) is 14.3. The van der Waals surface area contributed by atoms with Gasteiger partial charge in [-0.25, -0.2) is 0 Å². The fourth-order valence-corrected chi connectivity index (χ4v) is 0. The average Bonchev–Trinajstić information content (AvgIpc) is 2.18. The Morgan fingerprint density at radius 2 is 0.947 bits per heavy atom. The molecule has 5 nitrogen and oxygen atoms in total. The van der Waals surface area contributed by atoms with E-state index in [1.54, 1.807) is 48.5 Å². The summed E-state index contributed by atoms with van der Waals surface area (Å²) < 4.78 is 0. The lowest BCUT2D eigenvalue weighted by Crippen LogP contribution is -2.10. The van der Waals surface area contributed by atoms with Crippen LogP contribution in [-0.2, 0) is 0 Å². The molecule has 0 radical (unpaired) electrons. The molecule has 5 N–H and O–H groups in total. The van der Waals surface area contributed by atoms with Crippen LogP contribution in [0, 0.1) is 0 Å². The van der Waals surface area contributed by atoms with Gasteiger partial charge in [-0.3, -0.25) is 0 Å². The van der Waals surface area contributed by atoms with Gasteiger partial charge in [0.2, 0.25) is 0 Å². The predicted molar refractivity (Wildman–Crippen MR) is 82.2 cm³/mol. The van der Waals surface area contributed by atoms with Crippen molar-refractivity contribution >= 4 is 0 Å². The Morgan fingerprint density at radius 1 is 0.895 bits per heavy atom. The van der Waals surface area contributed by atoms with Crippen molar-refractivity contribution in [3.8, 4) is 0 Å². The van der Waals surface area contributed by atoms with E-state index in [2.05, 4.69) is 0 Å². The third kappa shape index (κ3) is 1370. The Bertz CT molecular complexity index is 100. The lowest BCUT2D eigenvalue weighted by Gasteiger charge is -2.04. The maximum Gasteiger partial charge on any atom is 0.0563 e. The first kappa shape index (κ1) is 31.3. The Hall–Kier alpha value is -0.200. The lowest BCUT2D eigenvalue weighted by atomic mass is 10.2. The number of hydrogen-bond donors (Lipinski definition) is 5. The molecule has 0 fully saturated rings. The van der Waals surface area contributed by atoms with Gasteiger partial charge in [-0.15, -0.1) is 0 Å². The molecule has 0 spiro atoms. The van der Waals surface area contributed by atoms with E-state index in [0.717, 1.165) is 13.5 Å². The second-order valence-electron chi connectivity index (χ2n) is 4.84. The Kier molecular flexibility index (Phi) is 43.4. The van der Waals surface area contributed by atoms with E-state index in [9.17, 15) is 0 Å². The second-order valence-corrected chi connectivity index (χ2v) is 4.84. The maximum atomic E-state index is 8.52. The SMILES string of the molecule is CC(C)(C)O.CC(C)O.CCC(C)O.CCO.CO. The Balaban J connectivity index is -0.0000000446. The van der Waals surface area contributed by atoms with Gasteiger partial charge in [-0.2, -0.15) is 0 Å². The number of rotatable bonds is 1. The molecular weight excluding hydrogens is 248 g/mol. The van der Waals surface area contributed by atoms with Crippen molar-refractivity contribution < 1.29 is 25.5 Å². The van der Waals surface area contributed by atoms with E-state index in [1.807, 2.05) is 6.92 Å². The maximum absolute atomic E-state index is 8.52. The molecule has 0 bridgehead atoms. The van der Waals surface area contributed by atoms with E-state index >= 15 is 0 Å². The van der Waals surface area contributed by atoms with Crippen LogP contribution >= 0.6 is 0 Å². The second kappa shape index (κ2) is 26.4. The molecule has 124 valence electrons. The summed E-state index contributed by atoms with van der Waals surface area (Å²) in [7, 11) is 1.00. The molecule has 0 saturated heterocycles. The van der Waals surface area contributed by atoms with E-state index < -0.39 is 5.60 Å². The zero-order chi connectivity index (χ0) is 17.1. The van der Waals surface area contributed by atoms with Crippen LogP contribution in [0.1, 0.15) is 61.8 Å². The van der Waals surface area contributed by atoms with Crippen molar-refractivity contribution in [1.29, 1.82) is 0 Å². The average molecular weight is 286 g/mol. The monoisotopic (exact) mass is 286 g/mol. The highest BCUT2D eigenvalue weighted by Crippen LogP contribution is 1.93. The molecule has 19 heavy (non-hydrogen) atoms. The molecule has 0 aromatic rings. The van der Waals surface area contributed by atoms with Crippen molar-refractivity contribution in [3.63, 3.8) is 0 Å². The van der Waals surface area contributed by atoms with Gasteiger partial charge in [-0.1, -0.05) is 6.92 Å². The smallest absolute Gasteiger partial charge is 0.0563 e. The van der Waals surface area contributed by atoms with Crippen molar-refractivity contribution in [2.24, 2.45) is 0 Å². The van der Waals surface area contributed by atoms with Gasteiger partial charge in [0.1, 0.15) is 0 Å². The number of aliphatic hydroxyl groups excluding tert-OH is 4. The first-order valence-corrected chi connectivity index (χ1v) is 6.56. The van der Waals surface area contributed by atoms with E-state index in [-0.39, 0.29) is 18.8 Å². The highest BCUT2D eigenvalue weighted by molar-refractivity contribution is 4.50. The van der Waals surface area contributed by atoms with Crippen LogP contribution in [-0.4, -0.2) is 57.1 Å². The molecule has 0 amide bonds. The summed E-state index contributed by atoms with van der Waals surface area (Å²) in [6.07, 6.45) is 0.579. The van der Waals surface area contributed by atoms with Gasteiger partial charge < -0.3 is 25.5 Å². The van der Waals surface area contributed by atoms with Crippen LogP contribution in [0.25, 0.3) is 0 Å². The van der Waals surface area contributed by atoms with Gasteiger partial charge in [0.15, 0.2) is 0 Å². The summed E-state index contributed by atoms with van der Waals surface area (Å²) in [6, 6.07) is 0. The van der Waals surface area contributed by atoms with Gasteiger partial charge in [0.05, 0.1) is 11.7 Å². The van der Waals surface area contributed by atoms with Crippen molar-refractivity contribution in [2.45, 2.75) is 79.6 Å². The standard InChI is InChI=1S/2C4H10O.C3H8O.C2H6O.CH4O/c1-4(2,3)5;1-3-4(2)5;1-3(2)4;1-2-3;1-2/h5H,1-3H3;4-5H,3H2,1-2H3;3-4H,1-2H3;3H,2H2,1H3;2H,1H3. The van der Waals surface area contributed by atoms with Crippen LogP contribution in [0.15, 0.2) is 0 Å². The van der Waals surface area contributed by atoms with Crippen molar-refractivity contribution in [1.82, 2.24) is 0 Å². The molecule has 0 heterocycles. The minimum Gasteiger partial charge on any atom is -0.400 e. The van der Waals surface area contributed by atoms with Crippen LogP contribution in [0.2, 0.25) is 0 Å². The number of hydrogen-bond acceptors (Lipinski definition) is 5. The summed E-state index contributed by atoms with van der Waals surface area (Å²) in [5.41, 5.74) is -0.500. The molecule has 1 unspecified atom stereocenters. The molecular formula is C14H38O5. The minimum atomic E-state index is -0.500. The largest absolute Gasteiger partial charge is 0.400 e. The van der Waals surface area contributed by atoms with Crippen molar-refractivity contribution in [3.05, 3.63) is 0 Å². The first-order chi connectivity index (χ1) is 8.42. The molecule has 1 atom stereocenters. The van der Waals surface area contributed by atoms with Crippen LogP contribution in [0.3, 0.4) is 0 Å². The van der Waals surface area contributed by atoms with Gasteiger partial charge >= 0.3 is 0 Å². The third-order valence-electron chi connectivity index (χ3n) is 0.591. The van der Waals surface area contributed by atoms with E-state index in [1.165, 1.54) is 0 Å². The predicted octanol–water partition coefficient (Wildman–Crippen LogP) is 1.55. The molecule has 0 aliphatic rings. The summed E-state index contributed by atoms with van der Waals surface area (Å²) in [5, 5.41) is 39.5. The first-order valence-electron chi connectivity index (χ1n) is 6.56. The Morgan fingerprint density at radius 3 is 0.947 bits per heavy atom. The molecule has 0 rings (SSSR count). The van der Waals surface area contributed by atoms with Gasteiger partial charge in [0, 0.05) is 19.8 Å². The summed E-state index contributed by atoms with van der Waals surface area (Å²) >= 11 is 0. The van der Waals surface area contributed by atoms with Gasteiger partial charge in [0.25, 0.3) is 0 Å². The molecule has 0 aliphatic heterocycles. The van der Waals surface area contributed by atoms with Crippen molar-refractivity contribution in [2.75, 3.05) is 13.7 Å². The molecule has 0 aromatic heterocycles. The highest BCUT2D eigenvalue weighted by atomic mass is 16.3. The zero-order valence-electron chi connectivity index (χ0n) is 14.3. The topological polar surface area (TPSA) is 101 Å². The van der Waals surface area contributed by atoms with Gasteiger partial charge in [-0.05, 0) is 54.9 Å². The number of aliphatic hydroxyl groups is 5. The normalized spacial score (nSPS) is 10.3. The summed E-state index contributed by atoms with van der Waals surface area (Å²) in [5.74, 6) is 0. The molecule has 0 aromatic carbocycles. The fourth-order valence-electron chi connectivity index (χ4n) is 0. The van der Waals surface area contributed by atoms with Crippen LogP contribution < -0.4 is 0 Å². The fraction of sp³-hybridized carbons (Fsp3) is 1.00. The lowest BCUT2D eigenvalue weighted by molar-refractivity contribution is 0.102. The Labute approximate surface area is 119 Å². The van der Waals surface area contributed by atoms with E-state index in [0.29, 0.717) is 0 Å². The molecule has 0 saturated carbocycles. The quantitative estimate of drug-likeness (QED) is 0.503.